The molecule has 0 bridgehead atoms. The van der Waals surface area contributed by atoms with Gasteiger partial charge < -0.3 is 0 Å². The Morgan fingerprint density at radius 1 is 0.281 bits per heavy atom. The second kappa shape index (κ2) is 5.53. The van der Waals surface area contributed by atoms with Crippen LogP contribution in [-0.2, 0) is 23.7 Å². The third-order valence-electron chi connectivity index (χ3n) is 5.00. The van der Waals surface area contributed by atoms with Gasteiger partial charge in [0.1, 0.15) is 11.6 Å². The number of hydrogen-bond donors (Lipinski definition) is 0. The van der Waals surface area contributed by atoms with Crippen molar-refractivity contribution in [2.24, 2.45) is 0 Å². The second-order valence-corrected chi connectivity index (χ2v) is 6.72. The Hall–Kier alpha value is -2.04. The van der Waals surface area contributed by atoms with Gasteiger partial charge in [0, 0.05) is 0 Å². The molecule has 0 fully saturated rings. The Kier molecular flexibility index (Phi) is 4.25. The minimum atomic E-state index is -7.43. The predicted molar refractivity (Wildman–Crippen MR) is 61.7 cm³/mol. The van der Waals surface area contributed by atoms with Crippen LogP contribution in [0.15, 0.2) is 0 Å². The fourth-order valence-corrected chi connectivity index (χ4v) is 3.28. The molecule has 0 aliphatic heterocycles. The first-order chi connectivity index (χ1) is 13.8. The molecule has 0 N–H and O–H groups in total. The summed E-state index contributed by atoms with van der Waals surface area (Å²) in [5.41, 5.74) is -16.4. The van der Waals surface area contributed by atoms with Crippen molar-refractivity contribution in [1.82, 2.24) is 0 Å². The van der Waals surface area contributed by atoms with E-state index in [1.165, 1.54) is 0 Å². The molecule has 0 radical (unpaired) electrons. The van der Waals surface area contributed by atoms with E-state index >= 15 is 0 Å². The lowest BCUT2D eigenvalue weighted by atomic mass is 9.72. The van der Waals surface area contributed by atoms with Gasteiger partial charge in [-0.3, -0.25) is 0 Å². The molecule has 3 rings (SSSR count). The number of fused-ring (bicyclic) bond motifs is 2. The van der Waals surface area contributed by atoms with Crippen LogP contribution in [0, 0.1) is 11.6 Å². The summed E-state index contributed by atoms with van der Waals surface area (Å²) >= 11 is 0. The number of halogens is 18. The number of hydrogen-bond acceptors (Lipinski definition) is 0. The van der Waals surface area contributed by atoms with E-state index in [1.807, 2.05) is 0 Å². The summed E-state index contributed by atoms with van der Waals surface area (Å²) in [6.45, 7) is 0. The minimum absolute atomic E-state index is 4.11. The molecule has 0 saturated heterocycles. The Balaban J connectivity index is 2.70. The number of alkyl halides is 16. The molecule has 2 aliphatic rings. The maximum atomic E-state index is 14.3. The topological polar surface area (TPSA) is 0 Å². The van der Waals surface area contributed by atoms with E-state index in [4.69, 9.17) is 0 Å². The molecule has 0 unspecified atom stereocenters. The highest BCUT2D eigenvalue weighted by Crippen LogP contribution is 2.70. The van der Waals surface area contributed by atoms with Gasteiger partial charge in [0.2, 0.25) is 0 Å². The fourth-order valence-electron chi connectivity index (χ4n) is 3.28. The van der Waals surface area contributed by atoms with Crippen molar-refractivity contribution in [1.29, 1.82) is 0 Å². The van der Waals surface area contributed by atoms with Crippen LogP contribution >= 0.6 is 0 Å². The third kappa shape index (κ3) is 2.03. The molecule has 2 aliphatic carbocycles. The van der Waals surface area contributed by atoms with Crippen molar-refractivity contribution in [3.05, 3.63) is 33.9 Å². The normalized spacial score (nSPS) is 29.1. The van der Waals surface area contributed by atoms with Crippen LogP contribution in [-0.4, -0.2) is 23.7 Å². The van der Waals surface area contributed by atoms with Gasteiger partial charge in [0.15, 0.2) is 0 Å². The highest BCUT2D eigenvalue weighted by atomic mass is 19.4. The van der Waals surface area contributed by atoms with Gasteiger partial charge in [-0.1, -0.05) is 0 Å². The summed E-state index contributed by atoms with van der Waals surface area (Å²) in [6.07, 6.45) is 0. The average molecular weight is 510 g/mol. The van der Waals surface area contributed by atoms with Crippen molar-refractivity contribution in [3.8, 4) is 0 Å². The summed E-state index contributed by atoms with van der Waals surface area (Å²) < 4.78 is 247. The van der Waals surface area contributed by atoms with Crippen molar-refractivity contribution in [3.63, 3.8) is 0 Å². The Labute approximate surface area is 161 Å². The fraction of sp³-hybridized carbons (Fsp3) is 0.571. The van der Waals surface area contributed by atoms with E-state index < -0.39 is 81.3 Å². The van der Waals surface area contributed by atoms with E-state index in [1.54, 1.807) is 0 Å². The standard InChI is InChI=1S/C14F18/c15-5-1-2(8(19,20)12(27,28)11(25,26)7(1,17)18)6(16)4-3(5)9(21,22)13(29,30)14(31,32)10(4,23)24. The molecule has 0 spiro atoms. The molecule has 0 nitrogen and oxygen atoms in total. The molecule has 0 saturated carbocycles. The van der Waals surface area contributed by atoms with Gasteiger partial charge in [0.05, 0.1) is 22.3 Å². The van der Waals surface area contributed by atoms with Crippen LogP contribution in [0.4, 0.5) is 79.0 Å². The quantitative estimate of drug-likeness (QED) is 0.334. The van der Waals surface area contributed by atoms with Gasteiger partial charge >= 0.3 is 47.4 Å². The van der Waals surface area contributed by atoms with Crippen molar-refractivity contribution < 1.29 is 79.0 Å². The molecule has 1 aromatic carbocycles. The third-order valence-corrected chi connectivity index (χ3v) is 5.00. The lowest BCUT2D eigenvalue weighted by molar-refractivity contribution is -0.393. The zero-order chi connectivity index (χ0) is 25.5. The molecule has 18 heteroatoms. The highest BCUT2D eigenvalue weighted by Gasteiger charge is 2.90. The number of benzene rings is 1. The van der Waals surface area contributed by atoms with E-state index in [0.717, 1.165) is 0 Å². The van der Waals surface area contributed by atoms with E-state index in [-0.39, 0.29) is 0 Å². The molecular formula is C14F18. The maximum absolute atomic E-state index is 14.3. The first kappa shape index (κ1) is 24.6. The molecule has 0 amide bonds. The van der Waals surface area contributed by atoms with E-state index in [2.05, 4.69) is 0 Å². The Morgan fingerprint density at radius 3 is 0.531 bits per heavy atom. The monoisotopic (exact) mass is 510 g/mol. The lowest BCUT2D eigenvalue weighted by Gasteiger charge is -2.46. The first-order valence-electron chi connectivity index (χ1n) is 7.40. The average Bonchev–Trinajstić information content (AvgIpc) is 2.58. The van der Waals surface area contributed by atoms with Crippen molar-refractivity contribution in [2.45, 2.75) is 47.4 Å². The van der Waals surface area contributed by atoms with Gasteiger partial charge in [-0.05, 0) is 0 Å². The second-order valence-electron chi connectivity index (χ2n) is 6.72. The zero-order valence-electron chi connectivity index (χ0n) is 13.8. The van der Waals surface area contributed by atoms with Crippen LogP contribution in [0.2, 0.25) is 0 Å². The van der Waals surface area contributed by atoms with Crippen molar-refractivity contribution >= 4 is 0 Å². The summed E-state index contributed by atoms with van der Waals surface area (Å²) in [4.78, 5) is 0. The summed E-state index contributed by atoms with van der Waals surface area (Å²) in [6, 6.07) is 0. The molecule has 0 aromatic heterocycles. The van der Waals surface area contributed by atoms with Gasteiger partial charge in [0.25, 0.3) is 0 Å². The molecule has 0 atom stereocenters. The van der Waals surface area contributed by atoms with Crippen LogP contribution in [0.5, 0.6) is 0 Å². The van der Waals surface area contributed by atoms with Crippen LogP contribution in [0.3, 0.4) is 0 Å². The molecule has 182 valence electrons. The lowest BCUT2D eigenvalue weighted by Crippen LogP contribution is -2.67. The first-order valence-corrected chi connectivity index (χ1v) is 7.40. The van der Waals surface area contributed by atoms with Crippen LogP contribution in [0.25, 0.3) is 0 Å². The smallest absolute Gasteiger partial charge is 0.206 e. The van der Waals surface area contributed by atoms with E-state index in [0.29, 0.717) is 0 Å². The SMILES string of the molecule is Fc1c2c(c(F)c3c1C(F)(F)C(F)(F)C(F)(F)C3(F)F)C(F)(F)C(F)(F)C(F)(F)C2(F)F. The van der Waals surface area contributed by atoms with Crippen LogP contribution < -0.4 is 0 Å². The highest BCUT2D eigenvalue weighted by molar-refractivity contribution is 5.55. The Bertz CT molecular complexity index is 857. The largest absolute Gasteiger partial charge is 0.383 e. The zero-order valence-corrected chi connectivity index (χ0v) is 13.8. The Morgan fingerprint density at radius 2 is 0.406 bits per heavy atom. The van der Waals surface area contributed by atoms with Crippen LogP contribution in [0.1, 0.15) is 22.3 Å². The molecular weight excluding hydrogens is 510 g/mol. The van der Waals surface area contributed by atoms with Gasteiger partial charge in [-0.2, -0.15) is 70.2 Å². The summed E-state index contributed by atoms with van der Waals surface area (Å²) in [7, 11) is 0. The van der Waals surface area contributed by atoms with E-state index in [9.17, 15) is 79.0 Å². The minimum Gasteiger partial charge on any atom is -0.206 e. The summed E-state index contributed by atoms with van der Waals surface area (Å²) in [5.74, 6) is -66.7. The molecule has 0 heterocycles. The van der Waals surface area contributed by atoms with Gasteiger partial charge in [-0.25, -0.2) is 8.78 Å². The molecule has 32 heavy (non-hydrogen) atoms. The summed E-state index contributed by atoms with van der Waals surface area (Å²) in [5, 5.41) is 0. The predicted octanol–water partition coefficient (Wildman–Crippen LogP) is 6.90. The van der Waals surface area contributed by atoms with Crippen molar-refractivity contribution in [2.75, 3.05) is 0 Å². The van der Waals surface area contributed by atoms with Gasteiger partial charge in [-0.15, -0.1) is 0 Å². The maximum Gasteiger partial charge on any atom is 0.383 e. The number of rotatable bonds is 0. The molecule has 1 aromatic rings.